The Morgan fingerprint density at radius 3 is 2.32 bits per heavy atom. The van der Waals surface area contributed by atoms with Crippen molar-refractivity contribution >= 4 is 11.9 Å². The Morgan fingerprint density at radius 1 is 1.21 bits per heavy atom. The maximum Gasteiger partial charge on any atom is 0.305 e. The van der Waals surface area contributed by atoms with Gasteiger partial charge in [0.05, 0.1) is 12.7 Å². The van der Waals surface area contributed by atoms with E-state index in [9.17, 15) is 9.59 Å². The van der Waals surface area contributed by atoms with Gasteiger partial charge in [-0.15, -0.1) is 0 Å². The first-order chi connectivity index (χ1) is 8.88. The van der Waals surface area contributed by atoms with Gasteiger partial charge in [0.15, 0.2) is 0 Å². The van der Waals surface area contributed by atoms with E-state index >= 15 is 0 Å². The molecule has 1 aromatic rings. The van der Waals surface area contributed by atoms with Gasteiger partial charge < -0.3 is 14.1 Å². The van der Waals surface area contributed by atoms with E-state index in [1.54, 1.807) is 18.9 Å². The van der Waals surface area contributed by atoms with Crippen molar-refractivity contribution in [2.75, 3.05) is 20.7 Å². The van der Waals surface area contributed by atoms with Gasteiger partial charge in [-0.2, -0.15) is 0 Å². The molecule has 1 rings (SSSR count). The first-order valence-electron chi connectivity index (χ1n) is 6.27. The third-order valence-corrected chi connectivity index (χ3v) is 3.22. The van der Waals surface area contributed by atoms with Crippen LogP contribution < -0.4 is 0 Å². The smallest absolute Gasteiger partial charge is 0.305 e. The minimum atomic E-state index is -0.257. The van der Waals surface area contributed by atoms with Crippen molar-refractivity contribution in [3.05, 3.63) is 22.6 Å². The summed E-state index contributed by atoms with van der Waals surface area (Å²) in [5, 5.41) is 0. The Labute approximate surface area is 113 Å². The van der Waals surface area contributed by atoms with Crippen LogP contribution in [0.2, 0.25) is 0 Å². The summed E-state index contributed by atoms with van der Waals surface area (Å²) in [6.45, 7) is 6.02. The molecule has 0 aliphatic carbocycles. The summed E-state index contributed by atoms with van der Waals surface area (Å²) in [5.41, 5.74) is 1.50. The molecule has 0 spiro atoms. The molecule has 0 saturated heterocycles. The molecule has 0 unspecified atom stereocenters. The number of aryl methyl sites for hydroxylation is 2. The number of furan rings is 1. The molecule has 0 aliphatic rings. The van der Waals surface area contributed by atoms with Gasteiger partial charge in [0, 0.05) is 25.6 Å². The van der Waals surface area contributed by atoms with Crippen LogP contribution in [-0.2, 0) is 9.53 Å². The quantitative estimate of drug-likeness (QED) is 0.768. The van der Waals surface area contributed by atoms with Crippen molar-refractivity contribution < 1.29 is 18.7 Å². The summed E-state index contributed by atoms with van der Waals surface area (Å²) in [6, 6.07) is 0. The Morgan fingerprint density at radius 2 is 1.84 bits per heavy atom. The van der Waals surface area contributed by atoms with Crippen LogP contribution in [0.3, 0.4) is 0 Å². The van der Waals surface area contributed by atoms with E-state index < -0.39 is 0 Å². The summed E-state index contributed by atoms with van der Waals surface area (Å²) in [6.07, 6.45) is 0.903. The summed E-state index contributed by atoms with van der Waals surface area (Å²) in [4.78, 5) is 24.9. The number of amides is 1. The summed E-state index contributed by atoms with van der Waals surface area (Å²) in [7, 11) is 3.08. The Bertz CT molecular complexity index is 476. The van der Waals surface area contributed by atoms with Gasteiger partial charge >= 0.3 is 5.97 Å². The predicted octanol–water partition coefficient (Wildman–Crippen LogP) is 2.23. The van der Waals surface area contributed by atoms with Gasteiger partial charge in [0.25, 0.3) is 5.91 Å². The second kappa shape index (κ2) is 6.41. The standard InChI is InChI=1S/C14H21NO4/c1-9-10(2)19-11(3)13(9)14(17)15(4)8-6-7-12(16)18-5/h6-8H2,1-5H3. The number of methoxy groups -OCH3 is 1. The number of esters is 1. The number of rotatable bonds is 5. The molecule has 0 atom stereocenters. The van der Waals surface area contributed by atoms with Crippen LogP contribution in [0.5, 0.6) is 0 Å². The molecule has 1 amide bonds. The van der Waals surface area contributed by atoms with Crippen molar-refractivity contribution in [3.8, 4) is 0 Å². The molecule has 0 aliphatic heterocycles. The van der Waals surface area contributed by atoms with Gasteiger partial charge in [-0.3, -0.25) is 9.59 Å². The lowest BCUT2D eigenvalue weighted by atomic mass is 10.1. The minimum absolute atomic E-state index is 0.0725. The normalized spacial score (nSPS) is 10.4. The van der Waals surface area contributed by atoms with E-state index in [-0.39, 0.29) is 11.9 Å². The maximum atomic E-state index is 12.3. The van der Waals surface area contributed by atoms with Crippen molar-refractivity contribution in [3.63, 3.8) is 0 Å². The molecular formula is C14H21NO4. The highest BCUT2D eigenvalue weighted by atomic mass is 16.5. The molecule has 0 aromatic carbocycles. The highest BCUT2D eigenvalue weighted by Gasteiger charge is 2.21. The fraction of sp³-hybridized carbons (Fsp3) is 0.571. The molecule has 0 bridgehead atoms. The molecular weight excluding hydrogens is 246 g/mol. The monoisotopic (exact) mass is 267 g/mol. The molecule has 1 aromatic heterocycles. The number of hydrogen-bond acceptors (Lipinski definition) is 4. The van der Waals surface area contributed by atoms with Gasteiger partial charge in [-0.25, -0.2) is 0 Å². The second-order valence-corrected chi connectivity index (χ2v) is 4.62. The van der Waals surface area contributed by atoms with Gasteiger partial charge in [0.1, 0.15) is 11.5 Å². The van der Waals surface area contributed by atoms with Crippen molar-refractivity contribution in [1.29, 1.82) is 0 Å². The van der Waals surface area contributed by atoms with Gasteiger partial charge in [-0.1, -0.05) is 0 Å². The van der Waals surface area contributed by atoms with Crippen LogP contribution in [0, 0.1) is 20.8 Å². The molecule has 0 radical (unpaired) electrons. The first kappa shape index (κ1) is 15.3. The zero-order chi connectivity index (χ0) is 14.6. The van der Waals surface area contributed by atoms with Gasteiger partial charge in [-0.05, 0) is 27.2 Å². The summed E-state index contributed by atoms with van der Waals surface area (Å²) >= 11 is 0. The lowest BCUT2D eigenvalue weighted by Gasteiger charge is -2.16. The number of ether oxygens (including phenoxy) is 1. The molecule has 0 saturated carbocycles. The Hall–Kier alpha value is -1.78. The second-order valence-electron chi connectivity index (χ2n) is 4.62. The summed E-state index contributed by atoms with van der Waals surface area (Å²) < 4.78 is 10.0. The van der Waals surface area contributed by atoms with Crippen LogP contribution >= 0.6 is 0 Å². The van der Waals surface area contributed by atoms with Crippen molar-refractivity contribution in [2.24, 2.45) is 0 Å². The lowest BCUT2D eigenvalue weighted by Crippen LogP contribution is -2.28. The zero-order valence-electron chi connectivity index (χ0n) is 12.2. The Balaban J connectivity index is 2.64. The van der Waals surface area contributed by atoms with Crippen molar-refractivity contribution in [1.82, 2.24) is 4.90 Å². The molecule has 5 heteroatoms. The molecule has 0 fully saturated rings. The summed E-state index contributed by atoms with van der Waals surface area (Å²) in [5.74, 6) is 1.08. The zero-order valence-corrected chi connectivity index (χ0v) is 12.2. The van der Waals surface area contributed by atoms with E-state index in [0.717, 1.165) is 11.3 Å². The highest BCUT2D eigenvalue weighted by Crippen LogP contribution is 2.22. The number of hydrogen-bond donors (Lipinski definition) is 0. The number of carbonyl (C=O) groups is 2. The van der Waals surface area contributed by atoms with Crippen LogP contribution in [0.15, 0.2) is 4.42 Å². The fourth-order valence-corrected chi connectivity index (χ4v) is 1.96. The van der Waals surface area contributed by atoms with E-state index in [0.29, 0.717) is 30.7 Å². The van der Waals surface area contributed by atoms with E-state index in [2.05, 4.69) is 4.74 Å². The lowest BCUT2D eigenvalue weighted by molar-refractivity contribution is -0.140. The number of nitrogens with zero attached hydrogens (tertiary/aromatic N) is 1. The van der Waals surface area contributed by atoms with Crippen LogP contribution in [0.4, 0.5) is 0 Å². The maximum absolute atomic E-state index is 12.3. The predicted molar refractivity (Wildman–Crippen MR) is 71.1 cm³/mol. The average Bonchev–Trinajstić information content (AvgIpc) is 2.62. The minimum Gasteiger partial charge on any atom is -0.469 e. The molecule has 0 N–H and O–H groups in total. The molecule has 1 heterocycles. The Kier molecular flexibility index (Phi) is 5.15. The highest BCUT2D eigenvalue weighted by molar-refractivity contribution is 5.96. The third kappa shape index (κ3) is 3.59. The van der Waals surface area contributed by atoms with Crippen molar-refractivity contribution in [2.45, 2.75) is 33.6 Å². The van der Waals surface area contributed by atoms with Gasteiger partial charge in [0.2, 0.25) is 0 Å². The van der Waals surface area contributed by atoms with E-state index in [1.807, 2.05) is 13.8 Å². The topological polar surface area (TPSA) is 59.8 Å². The van der Waals surface area contributed by atoms with Crippen LogP contribution in [0.25, 0.3) is 0 Å². The van der Waals surface area contributed by atoms with E-state index in [4.69, 9.17) is 4.42 Å². The average molecular weight is 267 g/mol. The fourth-order valence-electron chi connectivity index (χ4n) is 1.96. The molecule has 19 heavy (non-hydrogen) atoms. The third-order valence-electron chi connectivity index (χ3n) is 3.22. The molecule has 5 nitrogen and oxygen atoms in total. The van der Waals surface area contributed by atoms with E-state index in [1.165, 1.54) is 7.11 Å². The first-order valence-corrected chi connectivity index (χ1v) is 6.27. The van der Waals surface area contributed by atoms with Crippen LogP contribution in [-0.4, -0.2) is 37.5 Å². The SMILES string of the molecule is COC(=O)CCCN(C)C(=O)c1c(C)oc(C)c1C. The molecule has 106 valence electrons. The largest absolute Gasteiger partial charge is 0.469 e. The number of carbonyl (C=O) groups excluding carboxylic acids is 2. The van der Waals surface area contributed by atoms with Crippen LogP contribution in [0.1, 0.15) is 40.3 Å².